The van der Waals surface area contributed by atoms with Gasteiger partial charge in [-0.05, 0) is 51.4 Å². The van der Waals surface area contributed by atoms with Gasteiger partial charge in [0, 0.05) is 6.04 Å². The van der Waals surface area contributed by atoms with Gasteiger partial charge in [-0.25, -0.2) is 4.98 Å². The first-order chi connectivity index (χ1) is 8.63. The summed E-state index contributed by atoms with van der Waals surface area (Å²) in [6.45, 7) is 7.00. The minimum absolute atomic E-state index is 0.539. The Kier molecular flexibility index (Phi) is 3.02. The molecule has 4 unspecified atom stereocenters. The highest BCUT2D eigenvalue weighted by atomic mass is 16.4. The van der Waals surface area contributed by atoms with Crippen molar-refractivity contribution in [2.24, 2.45) is 17.8 Å². The molecule has 1 saturated carbocycles. The van der Waals surface area contributed by atoms with E-state index >= 15 is 0 Å². The van der Waals surface area contributed by atoms with Crippen molar-refractivity contribution in [1.82, 2.24) is 10.3 Å². The van der Waals surface area contributed by atoms with Crippen LogP contribution in [0.1, 0.15) is 37.1 Å². The first-order valence-electron chi connectivity index (χ1n) is 6.98. The molecule has 1 heterocycles. The SMILES string of the molecule is Cc1nc(CNC(C)C2CC3C=CC2C3)oc1C. The number of aromatic nitrogens is 1. The maximum Gasteiger partial charge on any atom is 0.208 e. The van der Waals surface area contributed by atoms with E-state index < -0.39 is 0 Å². The molecular weight excluding hydrogens is 224 g/mol. The zero-order valence-corrected chi connectivity index (χ0v) is 11.4. The molecule has 0 aromatic carbocycles. The van der Waals surface area contributed by atoms with Crippen LogP contribution in [0.5, 0.6) is 0 Å². The highest BCUT2D eigenvalue weighted by Gasteiger charge is 2.38. The van der Waals surface area contributed by atoms with Crippen molar-refractivity contribution in [2.75, 3.05) is 0 Å². The monoisotopic (exact) mass is 246 g/mol. The number of nitrogens with zero attached hydrogens (tertiary/aromatic N) is 1. The quantitative estimate of drug-likeness (QED) is 0.830. The zero-order valence-electron chi connectivity index (χ0n) is 11.4. The van der Waals surface area contributed by atoms with Crippen LogP contribution in [0.15, 0.2) is 16.6 Å². The molecule has 2 aliphatic carbocycles. The Morgan fingerprint density at radius 2 is 2.22 bits per heavy atom. The summed E-state index contributed by atoms with van der Waals surface area (Å²) in [5, 5.41) is 3.58. The summed E-state index contributed by atoms with van der Waals surface area (Å²) in [5.41, 5.74) is 1.00. The van der Waals surface area contributed by atoms with Crippen LogP contribution in [-0.2, 0) is 6.54 Å². The Morgan fingerprint density at radius 1 is 1.39 bits per heavy atom. The third-order valence-corrected chi connectivity index (χ3v) is 4.62. The molecule has 1 aromatic rings. The maximum absolute atomic E-state index is 5.60. The molecule has 3 heteroatoms. The van der Waals surface area contributed by atoms with E-state index in [-0.39, 0.29) is 0 Å². The lowest BCUT2D eigenvalue weighted by atomic mass is 9.87. The fraction of sp³-hybridized carbons (Fsp3) is 0.667. The van der Waals surface area contributed by atoms with Gasteiger partial charge in [0.15, 0.2) is 0 Å². The lowest BCUT2D eigenvalue weighted by Gasteiger charge is -2.25. The van der Waals surface area contributed by atoms with Gasteiger partial charge in [-0.2, -0.15) is 0 Å². The number of rotatable bonds is 4. The van der Waals surface area contributed by atoms with Crippen LogP contribution in [0.4, 0.5) is 0 Å². The summed E-state index contributed by atoms with van der Waals surface area (Å²) in [6.07, 6.45) is 7.53. The molecule has 4 atom stereocenters. The Morgan fingerprint density at radius 3 is 2.78 bits per heavy atom. The van der Waals surface area contributed by atoms with Gasteiger partial charge < -0.3 is 9.73 Å². The molecule has 1 fully saturated rings. The van der Waals surface area contributed by atoms with Crippen LogP contribution >= 0.6 is 0 Å². The van der Waals surface area contributed by atoms with Crippen LogP contribution in [0.25, 0.3) is 0 Å². The van der Waals surface area contributed by atoms with Crippen molar-refractivity contribution in [2.45, 2.75) is 46.2 Å². The van der Waals surface area contributed by atoms with Gasteiger partial charge in [-0.1, -0.05) is 12.2 Å². The summed E-state index contributed by atoms with van der Waals surface area (Å²) >= 11 is 0. The van der Waals surface area contributed by atoms with Crippen LogP contribution in [0.3, 0.4) is 0 Å². The van der Waals surface area contributed by atoms with Gasteiger partial charge in [-0.3, -0.25) is 0 Å². The standard InChI is InChI=1S/C15H22N2O/c1-9-11(3)18-15(17-9)8-16-10(2)14-7-12-4-5-13(14)6-12/h4-5,10,12-14,16H,6-8H2,1-3H3. The van der Waals surface area contributed by atoms with Crippen LogP contribution in [-0.4, -0.2) is 11.0 Å². The molecule has 0 spiro atoms. The molecule has 2 bridgehead atoms. The molecule has 3 rings (SSSR count). The number of allylic oxidation sites excluding steroid dienone is 2. The van der Waals surface area contributed by atoms with E-state index in [0.29, 0.717) is 6.04 Å². The van der Waals surface area contributed by atoms with E-state index in [1.54, 1.807) is 0 Å². The summed E-state index contributed by atoms with van der Waals surface area (Å²) in [6, 6.07) is 0.539. The van der Waals surface area contributed by atoms with E-state index in [0.717, 1.165) is 41.6 Å². The molecular formula is C15H22N2O. The molecule has 0 radical (unpaired) electrons. The fourth-order valence-electron chi connectivity index (χ4n) is 3.41. The zero-order chi connectivity index (χ0) is 12.7. The first kappa shape index (κ1) is 12.0. The van der Waals surface area contributed by atoms with E-state index in [9.17, 15) is 0 Å². The topological polar surface area (TPSA) is 38.1 Å². The number of nitrogens with one attached hydrogen (secondary N) is 1. The Labute approximate surface area is 109 Å². The molecule has 2 aliphatic rings. The van der Waals surface area contributed by atoms with Crippen molar-refractivity contribution in [3.8, 4) is 0 Å². The number of hydrogen-bond donors (Lipinski definition) is 1. The lowest BCUT2D eigenvalue weighted by Crippen LogP contribution is -2.35. The van der Waals surface area contributed by atoms with E-state index in [4.69, 9.17) is 4.42 Å². The predicted molar refractivity (Wildman–Crippen MR) is 71.1 cm³/mol. The van der Waals surface area contributed by atoms with Crippen molar-refractivity contribution < 1.29 is 4.42 Å². The van der Waals surface area contributed by atoms with Gasteiger partial charge >= 0.3 is 0 Å². The minimum atomic E-state index is 0.539. The molecule has 1 aromatic heterocycles. The molecule has 18 heavy (non-hydrogen) atoms. The Balaban J connectivity index is 1.55. The van der Waals surface area contributed by atoms with Gasteiger partial charge in [-0.15, -0.1) is 0 Å². The van der Waals surface area contributed by atoms with E-state index in [1.807, 2.05) is 13.8 Å². The molecule has 0 saturated heterocycles. The maximum atomic E-state index is 5.60. The Hall–Kier alpha value is -1.09. The van der Waals surface area contributed by atoms with Gasteiger partial charge in [0.25, 0.3) is 0 Å². The lowest BCUT2D eigenvalue weighted by molar-refractivity contribution is 0.313. The molecule has 1 N–H and O–H groups in total. The summed E-state index contributed by atoms with van der Waals surface area (Å²) in [7, 11) is 0. The van der Waals surface area contributed by atoms with E-state index in [1.165, 1.54) is 12.8 Å². The molecule has 0 aliphatic heterocycles. The average Bonchev–Trinajstić information content (AvgIpc) is 3.03. The van der Waals surface area contributed by atoms with Gasteiger partial charge in [0.05, 0.1) is 12.2 Å². The second-order valence-corrected chi connectivity index (χ2v) is 5.86. The molecule has 0 amide bonds. The number of aryl methyl sites for hydroxylation is 2. The normalized spacial score (nSPS) is 31.2. The van der Waals surface area contributed by atoms with Crippen LogP contribution in [0.2, 0.25) is 0 Å². The third-order valence-electron chi connectivity index (χ3n) is 4.62. The van der Waals surface area contributed by atoms with Crippen molar-refractivity contribution >= 4 is 0 Å². The van der Waals surface area contributed by atoms with Crippen LogP contribution in [0, 0.1) is 31.6 Å². The van der Waals surface area contributed by atoms with E-state index in [2.05, 4.69) is 29.4 Å². The summed E-state index contributed by atoms with van der Waals surface area (Å²) in [4.78, 5) is 4.41. The second-order valence-electron chi connectivity index (χ2n) is 5.86. The number of fused-ring (bicyclic) bond motifs is 2. The summed E-state index contributed by atoms with van der Waals surface area (Å²) in [5.74, 6) is 4.18. The Bertz CT molecular complexity index is 444. The summed E-state index contributed by atoms with van der Waals surface area (Å²) < 4.78 is 5.60. The van der Waals surface area contributed by atoms with Crippen molar-refractivity contribution in [1.29, 1.82) is 0 Å². The number of hydrogen-bond acceptors (Lipinski definition) is 3. The minimum Gasteiger partial charge on any atom is -0.444 e. The van der Waals surface area contributed by atoms with Gasteiger partial charge in [0.2, 0.25) is 5.89 Å². The molecule has 98 valence electrons. The fourth-order valence-corrected chi connectivity index (χ4v) is 3.41. The molecule has 3 nitrogen and oxygen atoms in total. The number of oxazole rings is 1. The van der Waals surface area contributed by atoms with Gasteiger partial charge in [0.1, 0.15) is 5.76 Å². The highest BCUT2D eigenvalue weighted by Crippen LogP contribution is 2.44. The predicted octanol–water partition coefficient (Wildman–Crippen LogP) is 2.98. The largest absolute Gasteiger partial charge is 0.444 e. The third kappa shape index (κ3) is 2.12. The smallest absolute Gasteiger partial charge is 0.208 e. The average molecular weight is 246 g/mol. The van der Waals surface area contributed by atoms with Crippen molar-refractivity contribution in [3.05, 3.63) is 29.5 Å². The highest BCUT2D eigenvalue weighted by molar-refractivity contribution is 5.12. The van der Waals surface area contributed by atoms with Crippen LogP contribution < -0.4 is 5.32 Å². The van der Waals surface area contributed by atoms with Crippen molar-refractivity contribution in [3.63, 3.8) is 0 Å². The second kappa shape index (κ2) is 4.54. The first-order valence-corrected chi connectivity index (χ1v) is 6.98.